The molecule has 0 bridgehead atoms. The summed E-state index contributed by atoms with van der Waals surface area (Å²) in [6, 6.07) is 0. The van der Waals surface area contributed by atoms with Crippen molar-refractivity contribution in [1.29, 1.82) is 0 Å². The predicted octanol–water partition coefficient (Wildman–Crippen LogP) is 8.20. The fraction of sp³-hybridized carbons (Fsp3) is 0.800. The Morgan fingerprint density at radius 1 is 0.333 bits per heavy atom. The average molecular weight is 1120 g/mol. The molecule has 0 aromatic rings. The standard InChI is InChI=1S/C16H24F4O6.C15H22F4O6.C14H20F4O6/c1-6-14(4,5)11(21)24-7-8-25-12(22)15(17,18)9-16(19,20)13(23)26-10(2)3;1-5-13(3,4)10(20)24-7-8-25-12(22)15(18,19)9-14(16,17)11(21)23-6-2;1-5-12(2,3)9(19)23-6-7-24-11(21)14(17,18)8-13(15,16)10(20)22-4/h10H,6-9H2,1-5H3;5-9H2,1-4H3;5-8H2,1-4H3. The fourth-order valence-corrected chi connectivity index (χ4v) is 4.10. The Morgan fingerprint density at radius 3 is 0.733 bits per heavy atom. The molecule has 0 aromatic heterocycles. The number of hydrogen-bond acceptors (Lipinski definition) is 18. The molecule has 0 rings (SSSR count). The van der Waals surface area contributed by atoms with Gasteiger partial charge in [-0.25, -0.2) is 28.8 Å². The van der Waals surface area contributed by atoms with Gasteiger partial charge >= 0.3 is 89.3 Å². The SMILES string of the molecule is CCC(C)(C)C(=O)OCCOC(=O)C(F)(F)CC(F)(F)C(=O)OC.CCC(C)(C)C(=O)OCCOC(=O)C(F)(F)CC(F)(F)C(=O)OC(C)C.CCOC(=O)C(F)(F)CC(F)(F)C(=O)OCCOC(=O)C(C)(C)CC. The van der Waals surface area contributed by atoms with E-state index in [9.17, 15) is 95.8 Å². The molecule has 0 aromatic carbocycles. The largest absolute Gasteiger partial charge is 0.465 e. The smallest absolute Gasteiger partial charge is 0.377 e. The van der Waals surface area contributed by atoms with Crippen molar-refractivity contribution < 1.29 is 138 Å². The second-order valence-electron chi connectivity index (χ2n) is 18.0. The van der Waals surface area contributed by atoms with Crippen LogP contribution in [0.15, 0.2) is 0 Å². The Labute approximate surface area is 424 Å². The maximum atomic E-state index is 13.6. The van der Waals surface area contributed by atoms with Crippen LogP contribution >= 0.6 is 0 Å². The van der Waals surface area contributed by atoms with Gasteiger partial charge in [0.2, 0.25) is 0 Å². The van der Waals surface area contributed by atoms with Crippen molar-refractivity contribution >= 4 is 53.7 Å². The maximum Gasteiger partial charge on any atom is 0.377 e. The number of ether oxygens (including phenoxy) is 9. The van der Waals surface area contributed by atoms with Crippen molar-refractivity contribution in [2.24, 2.45) is 16.2 Å². The van der Waals surface area contributed by atoms with Gasteiger partial charge in [0.05, 0.1) is 55.3 Å². The summed E-state index contributed by atoms with van der Waals surface area (Å²) < 4.78 is 199. The average Bonchev–Trinajstić information content (AvgIpc) is 3.28. The van der Waals surface area contributed by atoms with E-state index in [0.29, 0.717) is 26.4 Å². The third kappa shape index (κ3) is 27.1. The molecule has 18 nitrogen and oxygen atoms in total. The van der Waals surface area contributed by atoms with Gasteiger partial charge in [0.15, 0.2) is 0 Å². The second-order valence-corrected chi connectivity index (χ2v) is 18.0. The van der Waals surface area contributed by atoms with Gasteiger partial charge in [-0.15, -0.1) is 0 Å². The van der Waals surface area contributed by atoms with Gasteiger partial charge in [-0.3, -0.25) is 14.4 Å². The number of alkyl halides is 12. The molecule has 0 saturated carbocycles. The van der Waals surface area contributed by atoms with Crippen LogP contribution in [-0.4, -0.2) is 149 Å². The Bertz CT molecular complexity index is 1900. The number of carbonyl (C=O) groups excluding carboxylic acids is 9. The molecule has 30 heteroatoms. The first-order valence-corrected chi connectivity index (χ1v) is 22.5. The van der Waals surface area contributed by atoms with Gasteiger partial charge in [0, 0.05) is 0 Å². The zero-order valence-corrected chi connectivity index (χ0v) is 43.7. The molecule has 0 unspecified atom stereocenters. The molecule has 0 heterocycles. The lowest BCUT2D eigenvalue weighted by Gasteiger charge is -2.22. The lowest BCUT2D eigenvalue weighted by Crippen LogP contribution is -2.43. The van der Waals surface area contributed by atoms with Gasteiger partial charge in [-0.1, -0.05) is 20.8 Å². The zero-order chi connectivity index (χ0) is 59.8. The van der Waals surface area contributed by atoms with E-state index in [-0.39, 0.29) is 0 Å². The first-order chi connectivity index (χ1) is 33.7. The Hall–Kier alpha value is -5.61. The summed E-state index contributed by atoms with van der Waals surface area (Å²) in [4.78, 5) is 101. The minimum atomic E-state index is -4.62. The molecule has 0 fully saturated rings. The molecule has 0 radical (unpaired) electrons. The van der Waals surface area contributed by atoms with E-state index in [4.69, 9.17) is 14.2 Å². The summed E-state index contributed by atoms with van der Waals surface area (Å²) in [5, 5.41) is 0. The summed E-state index contributed by atoms with van der Waals surface area (Å²) in [5.41, 5.74) is -2.39. The summed E-state index contributed by atoms with van der Waals surface area (Å²) in [5.74, 6) is -42.6. The van der Waals surface area contributed by atoms with Crippen LogP contribution in [0.25, 0.3) is 0 Å². The van der Waals surface area contributed by atoms with Crippen LogP contribution in [0.5, 0.6) is 0 Å². The molecule has 0 aliphatic carbocycles. The number of esters is 9. The lowest BCUT2D eigenvalue weighted by atomic mass is 9.91. The van der Waals surface area contributed by atoms with E-state index in [1.165, 1.54) is 20.8 Å². The highest BCUT2D eigenvalue weighted by molar-refractivity contribution is 5.84. The number of hydrogen-bond donors (Lipinski definition) is 0. The van der Waals surface area contributed by atoms with Crippen LogP contribution in [0.3, 0.4) is 0 Å². The number of rotatable bonds is 29. The summed E-state index contributed by atoms with van der Waals surface area (Å²) in [6.07, 6.45) is -6.68. The third-order valence-electron chi connectivity index (χ3n) is 9.89. The molecule has 0 amide bonds. The first-order valence-electron chi connectivity index (χ1n) is 22.5. The molecular weight excluding hydrogens is 1060 g/mol. The topological polar surface area (TPSA) is 237 Å². The third-order valence-corrected chi connectivity index (χ3v) is 9.89. The van der Waals surface area contributed by atoms with E-state index >= 15 is 0 Å². The van der Waals surface area contributed by atoms with E-state index < -0.39 is 177 Å². The number of halogens is 12. The second kappa shape index (κ2) is 30.8. The Balaban J connectivity index is -0.00000104. The summed E-state index contributed by atoms with van der Waals surface area (Å²) >= 11 is 0. The fourth-order valence-electron chi connectivity index (χ4n) is 4.10. The van der Waals surface area contributed by atoms with E-state index in [1.54, 1.807) is 62.3 Å². The van der Waals surface area contributed by atoms with Crippen LogP contribution < -0.4 is 0 Å². The first kappa shape index (κ1) is 73.6. The summed E-state index contributed by atoms with van der Waals surface area (Å²) in [7, 11) is 0.596. The minimum absolute atomic E-state index is 0.427. The van der Waals surface area contributed by atoms with Crippen LogP contribution in [0.2, 0.25) is 0 Å². The van der Waals surface area contributed by atoms with Gasteiger partial charge in [-0.05, 0) is 81.6 Å². The van der Waals surface area contributed by atoms with Crippen molar-refractivity contribution in [3.63, 3.8) is 0 Å². The lowest BCUT2D eigenvalue weighted by molar-refractivity contribution is -0.199. The molecule has 0 N–H and O–H groups in total. The van der Waals surface area contributed by atoms with Crippen molar-refractivity contribution in [2.75, 3.05) is 53.4 Å². The van der Waals surface area contributed by atoms with Crippen LogP contribution in [0.1, 0.15) is 122 Å². The van der Waals surface area contributed by atoms with Crippen LogP contribution in [-0.2, 0) is 85.8 Å². The van der Waals surface area contributed by atoms with Crippen molar-refractivity contribution in [1.82, 2.24) is 0 Å². The van der Waals surface area contributed by atoms with E-state index in [0.717, 1.165) is 0 Å². The zero-order valence-electron chi connectivity index (χ0n) is 43.7. The predicted molar refractivity (Wildman–Crippen MR) is 231 cm³/mol. The van der Waals surface area contributed by atoms with E-state index in [1.807, 2.05) is 0 Å². The number of carbonyl (C=O) groups is 9. The monoisotopic (exact) mass is 1120 g/mol. The normalized spacial score (nSPS) is 12.6. The highest BCUT2D eigenvalue weighted by atomic mass is 19.3. The maximum absolute atomic E-state index is 13.6. The molecule has 438 valence electrons. The van der Waals surface area contributed by atoms with Crippen LogP contribution in [0.4, 0.5) is 52.7 Å². The van der Waals surface area contributed by atoms with Crippen molar-refractivity contribution in [3.8, 4) is 0 Å². The minimum Gasteiger partial charge on any atom is -0.465 e. The van der Waals surface area contributed by atoms with Crippen LogP contribution in [0, 0.1) is 16.2 Å². The van der Waals surface area contributed by atoms with Crippen molar-refractivity contribution in [3.05, 3.63) is 0 Å². The molecule has 0 saturated heterocycles. The van der Waals surface area contributed by atoms with Gasteiger partial charge < -0.3 is 42.6 Å². The van der Waals surface area contributed by atoms with Gasteiger partial charge in [0.25, 0.3) is 0 Å². The highest BCUT2D eigenvalue weighted by Gasteiger charge is 2.57. The molecule has 0 aliphatic rings. The van der Waals surface area contributed by atoms with Crippen molar-refractivity contribution in [2.45, 2.75) is 163 Å². The Kier molecular flexibility index (Phi) is 30.3. The van der Waals surface area contributed by atoms with E-state index in [2.05, 4.69) is 28.4 Å². The quantitative estimate of drug-likeness (QED) is 0.0297. The molecule has 0 aliphatic heterocycles. The Morgan fingerprint density at radius 2 is 0.533 bits per heavy atom. The number of methoxy groups -OCH3 is 1. The molecule has 0 spiro atoms. The molecule has 75 heavy (non-hydrogen) atoms. The molecular formula is C45H66F12O18. The molecule has 0 atom stereocenters. The van der Waals surface area contributed by atoms with Gasteiger partial charge in [0.1, 0.15) is 39.6 Å². The highest BCUT2D eigenvalue weighted by Crippen LogP contribution is 2.35. The summed E-state index contributed by atoms with van der Waals surface area (Å²) in [6.45, 7) is 14.5. The van der Waals surface area contributed by atoms with Gasteiger partial charge in [-0.2, -0.15) is 52.7 Å².